The molecule has 6 nitrogen and oxygen atoms in total. The summed E-state index contributed by atoms with van der Waals surface area (Å²) in [6.07, 6.45) is 3.27. The third-order valence-electron chi connectivity index (χ3n) is 5.83. The van der Waals surface area contributed by atoms with E-state index in [1.807, 2.05) is 36.1 Å². The normalized spacial score (nSPS) is 21.9. The molecular weight excluding hydrogens is 366 g/mol. The van der Waals surface area contributed by atoms with E-state index >= 15 is 0 Å². The van der Waals surface area contributed by atoms with Crippen LogP contribution in [-0.2, 0) is 17.6 Å². The highest BCUT2D eigenvalue weighted by Crippen LogP contribution is 2.37. The fraction of sp³-hybridized carbons (Fsp3) is 0.522. The van der Waals surface area contributed by atoms with Gasteiger partial charge in [0, 0.05) is 31.3 Å². The topological polar surface area (TPSA) is 86.5 Å². The lowest BCUT2D eigenvalue weighted by Crippen LogP contribution is -2.56. The van der Waals surface area contributed by atoms with Gasteiger partial charge >= 0.3 is 5.97 Å². The number of hydrogen-bond acceptors (Lipinski definition) is 5. The summed E-state index contributed by atoms with van der Waals surface area (Å²) in [7, 11) is 0. The van der Waals surface area contributed by atoms with E-state index in [2.05, 4.69) is 29.0 Å². The number of aromatic nitrogens is 2. The Morgan fingerprint density at radius 3 is 2.69 bits per heavy atom. The Morgan fingerprint density at radius 1 is 1.24 bits per heavy atom. The van der Waals surface area contributed by atoms with Crippen molar-refractivity contribution in [3.8, 4) is 0 Å². The van der Waals surface area contributed by atoms with Gasteiger partial charge in [-0.2, -0.15) is 0 Å². The highest BCUT2D eigenvalue weighted by Gasteiger charge is 2.49. The van der Waals surface area contributed by atoms with Gasteiger partial charge in [-0.3, -0.25) is 4.79 Å². The predicted molar refractivity (Wildman–Crippen MR) is 113 cm³/mol. The number of carboxylic acid groups (broad SMARTS) is 1. The molecule has 2 N–H and O–H groups in total. The van der Waals surface area contributed by atoms with Crippen LogP contribution in [0.15, 0.2) is 36.4 Å². The van der Waals surface area contributed by atoms with Gasteiger partial charge in [0.05, 0.1) is 6.10 Å². The zero-order valence-electron chi connectivity index (χ0n) is 17.3. The number of rotatable bonds is 8. The van der Waals surface area contributed by atoms with Crippen molar-refractivity contribution in [2.45, 2.75) is 58.5 Å². The first-order chi connectivity index (χ1) is 13.9. The number of aliphatic hydroxyl groups is 1. The Bertz CT molecular complexity index is 827. The molecule has 2 heterocycles. The second-order valence-corrected chi connectivity index (χ2v) is 8.06. The molecule has 3 rings (SSSR count). The van der Waals surface area contributed by atoms with E-state index in [0.717, 1.165) is 36.6 Å². The summed E-state index contributed by atoms with van der Waals surface area (Å²) in [5, 5.41) is 20.8. The van der Waals surface area contributed by atoms with Gasteiger partial charge in [-0.25, -0.2) is 9.97 Å². The smallest absolute Gasteiger partial charge is 0.314 e. The number of nitrogens with zero attached hydrogens (tertiary/aromatic N) is 3. The van der Waals surface area contributed by atoms with Crippen molar-refractivity contribution in [3.05, 3.63) is 53.5 Å². The summed E-state index contributed by atoms with van der Waals surface area (Å²) in [5.41, 5.74) is 0.886. The van der Waals surface area contributed by atoms with Crippen LogP contribution < -0.4 is 4.90 Å². The minimum absolute atomic E-state index is 0.264. The highest BCUT2D eigenvalue weighted by atomic mass is 16.4. The fourth-order valence-corrected chi connectivity index (χ4v) is 4.20. The maximum absolute atomic E-state index is 12.3. The summed E-state index contributed by atoms with van der Waals surface area (Å²) in [6.45, 7) is 4.88. The number of aliphatic carboxylic acids is 1. The maximum Gasteiger partial charge on any atom is 0.314 e. The Labute approximate surface area is 172 Å². The molecule has 156 valence electrons. The first kappa shape index (κ1) is 21.2. The number of benzene rings is 1. The van der Waals surface area contributed by atoms with Crippen LogP contribution in [0.25, 0.3) is 0 Å². The molecule has 2 atom stereocenters. The zero-order chi connectivity index (χ0) is 20.9. The number of aryl methyl sites for hydroxylation is 3. The first-order valence-electron chi connectivity index (χ1n) is 10.5. The van der Waals surface area contributed by atoms with Crippen LogP contribution in [0.5, 0.6) is 0 Å². The molecule has 0 radical (unpaired) electrons. The molecule has 0 bridgehead atoms. The van der Waals surface area contributed by atoms with Gasteiger partial charge in [-0.1, -0.05) is 37.3 Å². The van der Waals surface area contributed by atoms with Crippen molar-refractivity contribution in [3.63, 3.8) is 0 Å². The molecule has 1 aromatic carbocycles. The lowest BCUT2D eigenvalue weighted by Gasteiger charge is -2.44. The van der Waals surface area contributed by atoms with Crippen LogP contribution in [0, 0.1) is 12.3 Å². The first-order valence-corrected chi connectivity index (χ1v) is 10.5. The van der Waals surface area contributed by atoms with Crippen molar-refractivity contribution in [2.75, 3.05) is 18.0 Å². The van der Waals surface area contributed by atoms with Crippen LogP contribution in [0.1, 0.15) is 49.7 Å². The molecule has 6 heteroatoms. The third kappa shape index (κ3) is 4.93. The van der Waals surface area contributed by atoms with E-state index in [1.165, 1.54) is 5.56 Å². The molecule has 1 fully saturated rings. The number of piperidine rings is 1. The molecular formula is C23H31N3O3. The summed E-state index contributed by atoms with van der Waals surface area (Å²) >= 11 is 0. The monoisotopic (exact) mass is 397 g/mol. The number of hydrogen-bond donors (Lipinski definition) is 2. The summed E-state index contributed by atoms with van der Waals surface area (Å²) in [5.74, 6) is 0.627. The predicted octanol–water partition coefficient (Wildman–Crippen LogP) is 3.40. The number of carboxylic acids is 1. The van der Waals surface area contributed by atoms with Gasteiger partial charge in [0.2, 0.25) is 0 Å². The van der Waals surface area contributed by atoms with Gasteiger partial charge in [-0.05, 0) is 44.6 Å². The fourth-order valence-electron chi connectivity index (χ4n) is 4.20. The van der Waals surface area contributed by atoms with Crippen molar-refractivity contribution in [1.29, 1.82) is 0 Å². The Morgan fingerprint density at radius 2 is 2.00 bits per heavy atom. The van der Waals surface area contributed by atoms with Gasteiger partial charge in [0.1, 0.15) is 17.1 Å². The quantitative estimate of drug-likeness (QED) is 0.710. The third-order valence-corrected chi connectivity index (χ3v) is 5.83. The largest absolute Gasteiger partial charge is 0.481 e. The van der Waals surface area contributed by atoms with Gasteiger partial charge in [0.25, 0.3) is 0 Å². The average molecular weight is 398 g/mol. The van der Waals surface area contributed by atoms with Crippen molar-refractivity contribution >= 4 is 11.8 Å². The van der Waals surface area contributed by atoms with Gasteiger partial charge < -0.3 is 15.1 Å². The average Bonchev–Trinajstić information content (AvgIpc) is 2.70. The highest BCUT2D eigenvalue weighted by molar-refractivity contribution is 5.77. The molecule has 0 saturated carbocycles. The second kappa shape index (κ2) is 9.35. The van der Waals surface area contributed by atoms with Gasteiger partial charge in [-0.15, -0.1) is 0 Å². The second-order valence-electron chi connectivity index (χ2n) is 8.06. The lowest BCUT2D eigenvalue weighted by molar-refractivity contribution is -0.158. The number of aliphatic hydroxyl groups excluding tert-OH is 1. The summed E-state index contributed by atoms with van der Waals surface area (Å²) < 4.78 is 0. The Kier molecular flexibility index (Phi) is 6.85. The molecule has 0 spiro atoms. The number of carbonyl (C=O) groups is 1. The van der Waals surface area contributed by atoms with Crippen LogP contribution in [0.3, 0.4) is 0 Å². The van der Waals surface area contributed by atoms with E-state index in [-0.39, 0.29) is 6.54 Å². The molecule has 29 heavy (non-hydrogen) atoms. The van der Waals surface area contributed by atoms with E-state index in [9.17, 15) is 15.0 Å². The minimum atomic E-state index is -1.18. The standard InChI is InChI=1S/C23H31N3O3/c1-3-8-20-24-17(2)15-21(25-20)26-14-12-19(27)23(16-26,22(28)29)13-7-11-18-9-5-4-6-10-18/h4-6,9-10,15,19,27H,3,7-8,11-14,16H2,1-2H3,(H,28,29)/t19-,23+/m0/s1. The van der Waals surface area contributed by atoms with Crippen LogP contribution in [0.4, 0.5) is 5.82 Å². The molecule has 1 aliphatic rings. The Hall–Kier alpha value is -2.47. The molecule has 2 aromatic rings. The van der Waals surface area contributed by atoms with E-state index < -0.39 is 17.5 Å². The van der Waals surface area contributed by atoms with Gasteiger partial charge in [0.15, 0.2) is 0 Å². The molecule has 1 aromatic heterocycles. The SMILES string of the molecule is CCCc1nc(C)cc(N2CC[C@H](O)[C@](CCCc3ccccc3)(C(=O)O)C2)n1. The maximum atomic E-state index is 12.3. The van der Waals surface area contributed by atoms with Crippen molar-refractivity contribution in [1.82, 2.24) is 9.97 Å². The lowest BCUT2D eigenvalue weighted by atomic mass is 9.73. The van der Waals surface area contributed by atoms with Crippen LogP contribution >= 0.6 is 0 Å². The molecule has 0 unspecified atom stereocenters. The molecule has 0 aliphatic carbocycles. The zero-order valence-corrected chi connectivity index (χ0v) is 17.3. The molecule has 0 amide bonds. The summed E-state index contributed by atoms with van der Waals surface area (Å²) in [6, 6.07) is 12.0. The Balaban J connectivity index is 1.78. The molecule has 1 aliphatic heterocycles. The van der Waals surface area contributed by atoms with Crippen LogP contribution in [0.2, 0.25) is 0 Å². The van der Waals surface area contributed by atoms with Crippen molar-refractivity contribution < 1.29 is 15.0 Å². The van der Waals surface area contributed by atoms with E-state index in [4.69, 9.17) is 0 Å². The number of anilines is 1. The van der Waals surface area contributed by atoms with Crippen LogP contribution in [-0.4, -0.2) is 45.3 Å². The molecule has 1 saturated heterocycles. The van der Waals surface area contributed by atoms with E-state index in [0.29, 0.717) is 25.8 Å². The van der Waals surface area contributed by atoms with Crippen molar-refractivity contribution in [2.24, 2.45) is 5.41 Å². The summed E-state index contributed by atoms with van der Waals surface area (Å²) in [4.78, 5) is 23.5. The van der Waals surface area contributed by atoms with E-state index in [1.54, 1.807) is 0 Å². The minimum Gasteiger partial charge on any atom is -0.481 e.